The van der Waals surface area contributed by atoms with E-state index in [1.165, 1.54) is 31.0 Å². The molecule has 2 heterocycles. The summed E-state index contributed by atoms with van der Waals surface area (Å²) >= 11 is 0. The molecule has 178 valence electrons. The van der Waals surface area contributed by atoms with E-state index in [4.69, 9.17) is 9.47 Å². The van der Waals surface area contributed by atoms with Crippen molar-refractivity contribution in [3.8, 4) is 22.6 Å². The lowest BCUT2D eigenvalue weighted by Crippen LogP contribution is -2.24. The molecule has 4 rings (SSSR count). The number of fused-ring (bicyclic) bond motifs is 1. The molecular formula is C23H21F3N4O4. The largest absolute Gasteiger partial charge is 0.493 e. The van der Waals surface area contributed by atoms with Crippen molar-refractivity contribution in [1.29, 1.82) is 0 Å². The summed E-state index contributed by atoms with van der Waals surface area (Å²) in [5.41, 5.74) is 0.599. The molecule has 1 aromatic heterocycles. The first-order chi connectivity index (χ1) is 16.1. The molecule has 11 heteroatoms. The Morgan fingerprint density at radius 2 is 1.85 bits per heavy atom. The SMILES string of the molecule is COc1ccc(-c2c(C)nn3c2NC(=O)C3CC(=O)Nc2ccccc2C(F)(F)F)cc1OC. The first-order valence-electron chi connectivity index (χ1n) is 10.2. The van der Waals surface area contributed by atoms with Crippen LogP contribution in [0.15, 0.2) is 42.5 Å². The highest BCUT2D eigenvalue weighted by Crippen LogP contribution is 2.41. The lowest BCUT2D eigenvalue weighted by atomic mass is 10.1. The van der Waals surface area contributed by atoms with Gasteiger partial charge in [0.1, 0.15) is 11.9 Å². The maximum atomic E-state index is 13.2. The van der Waals surface area contributed by atoms with Crippen LogP contribution in [0.25, 0.3) is 11.1 Å². The molecule has 34 heavy (non-hydrogen) atoms. The Morgan fingerprint density at radius 1 is 1.15 bits per heavy atom. The van der Waals surface area contributed by atoms with Crippen LogP contribution in [0.1, 0.15) is 23.7 Å². The van der Waals surface area contributed by atoms with Crippen molar-refractivity contribution in [1.82, 2.24) is 9.78 Å². The maximum Gasteiger partial charge on any atom is 0.418 e. The average molecular weight is 474 g/mol. The van der Waals surface area contributed by atoms with E-state index in [0.29, 0.717) is 34.1 Å². The third-order valence-electron chi connectivity index (χ3n) is 5.48. The van der Waals surface area contributed by atoms with E-state index in [9.17, 15) is 22.8 Å². The van der Waals surface area contributed by atoms with Crippen molar-refractivity contribution in [3.63, 3.8) is 0 Å². The van der Waals surface area contributed by atoms with Gasteiger partial charge in [-0.2, -0.15) is 18.3 Å². The van der Waals surface area contributed by atoms with Crippen LogP contribution >= 0.6 is 0 Å². The molecule has 0 saturated heterocycles. The highest BCUT2D eigenvalue weighted by molar-refractivity contribution is 6.04. The van der Waals surface area contributed by atoms with Crippen molar-refractivity contribution < 1.29 is 32.2 Å². The van der Waals surface area contributed by atoms with Crippen LogP contribution < -0.4 is 20.1 Å². The fourth-order valence-corrected chi connectivity index (χ4v) is 3.94. The minimum atomic E-state index is -4.63. The monoisotopic (exact) mass is 474 g/mol. The molecule has 2 amide bonds. The zero-order valence-corrected chi connectivity index (χ0v) is 18.5. The smallest absolute Gasteiger partial charge is 0.418 e. The Balaban J connectivity index is 1.61. The fraction of sp³-hybridized carbons (Fsp3) is 0.261. The van der Waals surface area contributed by atoms with Crippen molar-refractivity contribution in [2.75, 3.05) is 24.9 Å². The number of carbonyl (C=O) groups is 2. The predicted octanol–water partition coefficient (Wildman–Crippen LogP) is 4.42. The summed E-state index contributed by atoms with van der Waals surface area (Å²) < 4.78 is 51.7. The molecule has 2 aromatic carbocycles. The number of nitrogens with zero attached hydrogens (tertiary/aromatic N) is 2. The second-order valence-electron chi connectivity index (χ2n) is 7.62. The fourth-order valence-electron chi connectivity index (χ4n) is 3.94. The molecule has 2 N–H and O–H groups in total. The molecule has 0 radical (unpaired) electrons. The third kappa shape index (κ3) is 4.16. The van der Waals surface area contributed by atoms with Crippen molar-refractivity contribution in [2.45, 2.75) is 25.6 Å². The molecule has 0 aliphatic carbocycles. The highest BCUT2D eigenvalue weighted by Gasteiger charge is 2.37. The number of ether oxygens (including phenoxy) is 2. The number of aromatic nitrogens is 2. The summed E-state index contributed by atoms with van der Waals surface area (Å²) in [5, 5.41) is 9.42. The minimum absolute atomic E-state index is 0.374. The molecule has 3 aromatic rings. The molecule has 1 atom stereocenters. The number of alkyl halides is 3. The molecule has 8 nitrogen and oxygen atoms in total. The number of benzene rings is 2. The average Bonchev–Trinajstić information content (AvgIpc) is 3.26. The second kappa shape index (κ2) is 8.73. The molecule has 1 unspecified atom stereocenters. The zero-order chi connectivity index (χ0) is 24.6. The summed E-state index contributed by atoms with van der Waals surface area (Å²) in [7, 11) is 3.02. The topological polar surface area (TPSA) is 94.5 Å². The number of rotatable bonds is 6. The first kappa shape index (κ1) is 23.1. The molecule has 1 aliphatic rings. The standard InChI is InChI=1S/C23H21F3N4O4/c1-12-20(13-8-9-17(33-2)18(10-13)34-3)21-28-22(32)16(30(21)29-12)11-19(31)27-15-7-5-4-6-14(15)23(24,25)26/h4-10,16H,11H2,1-3H3,(H,27,31)(H,28,32). The Labute approximate surface area is 192 Å². The summed E-state index contributed by atoms with van der Waals surface area (Å²) in [5.74, 6) is 0.186. The van der Waals surface area contributed by atoms with E-state index >= 15 is 0 Å². The molecule has 0 saturated carbocycles. The number of carbonyl (C=O) groups excluding carboxylic acids is 2. The number of methoxy groups -OCH3 is 2. The second-order valence-corrected chi connectivity index (χ2v) is 7.62. The Bertz CT molecular complexity index is 1270. The molecule has 1 aliphatic heterocycles. The number of nitrogens with one attached hydrogen (secondary N) is 2. The normalized spacial score (nSPS) is 15.0. The Hall–Kier alpha value is -4.02. The minimum Gasteiger partial charge on any atom is -0.493 e. The third-order valence-corrected chi connectivity index (χ3v) is 5.48. The summed E-state index contributed by atoms with van der Waals surface area (Å²) in [4.78, 5) is 25.2. The van der Waals surface area contributed by atoms with Gasteiger partial charge in [0.2, 0.25) is 5.91 Å². The van der Waals surface area contributed by atoms with E-state index in [1.807, 2.05) is 0 Å². The summed E-state index contributed by atoms with van der Waals surface area (Å²) in [6.07, 6.45) is -5.02. The van der Waals surface area contributed by atoms with Crippen LogP contribution in [0.5, 0.6) is 11.5 Å². The van der Waals surface area contributed by atoms with Crippen molar-refractivity contribution in [3.05, 3.63) is 53.7 Å². The Kier molecular flexibility index (Phi) is 5.94. The maximum absolute atomic E-state index is 13.2. The van der Waals surface area contributed by atoms with Gasteiger partial charge >= 0.3 is 6.18 Å². The number of halogens is 3. The van der Waals surface area contributed by atoms with Gasteiger partial charge in [0, 0.05) is 5.56 Å². The summed E-state index contributed by atoms with van der Waals surface area (Å²) in [6, 6.07) is 8.89. The molecule has 0 fully saturated rings. The van der Waals surface area contributed by atoms with E-state index in [-0.39, 0.29) is 5.69 Å². The molecule has 0 bridgehead atoms. The predicted molar refractivity (Wildman–Crippen MR) is 118 cm³/mol. The Morgan fingerprint density at radius 3 is 2.53 bits per heavy atom. The number of para-hydroxylation sites is 1. The van der Waals surface area contributed by atoms with Gasteiger partial charge in [-0.3, -0.25) is 9.59 Å². The van der Waals surface area contributed by atoms with E-state index in [2.05, 4.69) is 15.7 Å². The van der Waals surface area contributed by atoms with Gasteiger partial charge in [-0.15, -0.1) is 0 Å². The van der Waals surface area contributed by atoms with Gasteiger partial charge in [0.15, 0.2) is 11.5 Å². The number of anilines is 2. The van der Waals surface area contributed by atoms with E-state index in [1.54, 1.807) is 25.1 Å². The first-order valence-corrected chi connectivity index (χ1v) is 10.2. The van der Waals surface area contributed by atoms with Gasteiger partial charge in [-0.25, -0.2) is 4.68 Å². The number of amides is 2. The number of hydrogen-bond acceptors (Lipinski definition) is 5. The van der Waals surface area contributed by atoms with Crippen LogP contribution in [-0.2, 0) is 15.8 Å². The lowest BCUT2D eigenvalue weighted by Gasteiger charge is -2.14. The highest BCUT2D eigenvalue weighted by atomic mass is 19.4. The van der Waals surface area contributed by atoms with Crippen LogP contribution in [0.3, 0.4) is 0 Å². The van der Waals surface area contributed by atoms with E-state index in [0.717, 1.165) is 12.1 Å². The van der Waals surface area contributed by atoms with Gasteiger partial charge in [0.25, 0.3) is 5.91 Å². The van der Waals surface area contributed by atoms with Gasteiger partial charge < -0.3 is 20.1 Å². The zero-order valence-electron chi connectivity index (χ0n) is 18.5. The summed E-state index contributed by atoms with van der Waals surface area (Å²) in [6.45, 7) is 1.75. The van der Waals surface area contributed by atoms with Gasteiger partial charge in [-0.05, 0) is 36.8 Å². The molecule has 0 spiro atoms. The number of aryl methyl sites for hydroxylation is 1. The van der Waals surface area contributed by atoms with Crippen molar-refractivity contribution in [2.24, 2.45) is 0 Å². The van der Waals surface area contributed by atoms with Crippen LogP contribution in [-0.4, -0.2) is 35.8 Å². The van der Waals surface area contributed by atoms with E-state index < -0.39 is 36.0 Å². The van der Waals surface area contributed by atoms with Crippen molar-refractivity contribution >= 4 is 23.3 Å². The van der Waals surface area contributed by atoms with Crippen LogP contribution in [0, 0.1) is 6.92 Å². The van der Waals surface area contributed by atoms with Gasteiger partial charge in [0.05, 0.1) is 37.6 Å². The quantitative estimate of drug-likeness (QED) is 0.552. The van der Waals surface area contributed by atoms with Crippen LogP contribution in [0.2, 0.25) is 0 Å². The number of hydrogen-bond donors (Lipinski definition) is 2. The molecular weight excluding hydrogens is 453 g/mol. The lowest BCUT2D eigenvalue weighted by molar-refractivity contribution is -0.137. The van der Waals surface area contributed by atoms with Gasteiger partial charge in [-0.1, -0.05) is 18.2 Å². The van der Waals surface area contributed by atoms with Crippen LogP contribution in [0.4, 0.5) is 24.7 Å².